The molecule has 0 spiro atoms. The largest absolute Gasteiger partial charge is 0.488 e. The molecule has 0 aromatic heterocycles. The molecule has 1 aliphatic rings. The van der Waals surface area contributed by atoms with Gasteiger partial charge in [-0.05, 0) is 35.2 Å². The Morgan fingerprint density at radius 2 is 1.72 bits per heavy atom. The molecule has 1 fully saturated rings. The Morgan fingerprint density at radius 3 is 2.47 bits per heavy atom. The topological polar surface area (TPSA) is 88.1 Å². The van der Waals surface area contributed by atoms with E-state index in [4.69, 9.17) is 14.7 Å². The molecule has 7 nitrogen and oxygen atoms in total. The summed E-state index contributed by atoms with van der Waals surface area (Å²) in [6.07, 6.45) is 1.77. The first-order valence-corrected chi connectivity index (χ1v) is 10.4. The fourth-order valence-electron chi connectivity index (χ4n) is 3.61. The van der Waals surface area contributed by atoms with E-state index in [2.05, 4.69) is 0 Å². The molecule has 0 bridgehead atoms. The second-order valence-corrected chi connectivity index (χ2v) is 7.40. The Balaban J connectivity index is 1.60. The van der Waals surface area contributed by atoms with Crippen molar-refractivity contribution in [2.45, 2.75) is 0 Å². The number of rotatable bonds is 6. The van der Waals surface area contributed by atoms with E-state index in [1.165, 1.54) is 0 Å². The summed E-state index contributed by atoms with van der Waals surface area (Å²) in [5.41, 5.74) is 3.17. The smallest absolute Gasteiger partial charge is 0.274 e. The molecule has 1 saturated heterocycles. The summed E-state index contributed by atoms with van der Waals surface area (Å²) in [4.78, 5) is 26.6. The number of nitrogens with zero attached hydrogens (tertiary/aromatic N) is 1. The third-order valence-electron chi connectivity index (χ3n) is 5.32. The van der Waals surface area contributed by atoms with Crippen LogP contribution in [0.3, 0.4) is 0 Å². The molecule has 2 amide bonds. The van der Waals surface area contributed by atoms with Gasteiger partial charge in [-0.1, -0.05) is 48.5 Å². The van der Waals surface area contributed by atoms with Crippen molar-refractivity contribution in [2.24, 2.45) is 0 Å². The molecule has 0 saturated carbocycles. The van der Waals surface area contributed by atoms with E-state index in [9.17, 15) is 9.59 Å². The van der Waals surface area contributed by atoms with Crippen LogP contribution in [0.15, 0.2) is 72.3 Å². The zero-order chi connectivity index (χ0) is 22.3. The Kier molecular flexibility index (Phi) is 6.79. The highest BCUT2D eigenvalue weighted by atomic mass is 16.5. The first-order chi connectivity index (χ1) is 15.7. The number of hydrogen-bond acceptors (Lipinski definition) is 5. The summed E-state index contributed by atoms with van der Waals surface area (Å²) >= 11 is 0. The fraction of sp³-hybridized carbons (Fsp3) is 0.200. The first-order valence-electron chi connectivity index (χ1n) is 10.4. The van der Waals surface area contributed by atoms with Gasteiger partial charge in [0.25, 0.3) is 11.8 Å². The van der Waals surface area contributed by atoms with Crippen LogP contribution < -0.4 is 10.2 Å². The highest BCUT2D eigenvalue weighted by Crippen LogP contribution is 2.26. The van der Waals surface area contributed by atoms with Crippen LogP contribution in [0.4, 0.5) is 0 Å². The number of hydroxylamine groups is 1. The van der Waals surface area contributed by atoms with Crippen molar-refractivity contribution in [1.29, 1.82) is 0 Å². The minimum absolute atomic E-state index is 0.100. The molecule has 2 N–H and O–H groups in total. The number of hydrogen-bond donors (Lipinski definition) is 2. The molecule has 3 aromatic carbocycles. The molecule has 0 unspecified atom stereocenters. The Labute approximate surface area is 185 Å². The van der Waals surface area contributed by atoms with Crippen molar-refractivity contribution in [1.82, 2.24) is 10.4 Å². The minimum Gasteiger partial charge on any atom is -0.488 e. The van der Waals surface area contributed by atoms with Crippen LogP contribution in [0.25, 0.3) is 16.8 Å². The fourth-order valence-corrected chi connectivity index (χ4v) is 3.61. The van der Waals surface area contributed by atoms with Gasteiger partial charge < -0.3 is 14.4 Å². The number of fused-ring (bicyclic) bond motifs is 1. The molecule has 0 radical (unpaired) electrons. The van der Waals surface area contributed by atoms with E-state index in [-0.39, 0.29) is 12.5 Å². The summed E-state index contributed by atoms with van der Waals surface area (Å²) < 4.78 is 11.5. The molecule has 1 aliphatic heterocycles. The summed E-state index contributed by atoms with van der Waals surface area (Å²) in [6, 6.07) is 20.4. The van der Waals surface area contributed by atoms with E-state index < -0.39 is 5.91 Å². The quantitative estimate of drug-likeness (QED) is 0.355. The van der Waals surface area contributed by atoms with Crippen molar-refractivity contribution >= 4 is 28.7 Å². The zero-order valence-electron chi connectivity index (χ0n) is 17.5. The average molecular weight is 432 g/mol. The predicted octanol–water partition coefficient (Wildman–Crippen LogP) is 3.28. The first kappa shape index (κ1) is 21.5. The van der Waals surface area contributed by atoms with Gasteiger partial charge in [0, 0.05) is 24.0 Å². The maximum atomic E-state index is 13.2. The third kappa shape index (κ3) is 4.96. The van der Waals surface area contributed by atoms with E-state index in [1.807, 2.05) is 42.5 Å². The van der Waals surface area contributed by atoms with E-state index >= 15 is 0 Å². The highest BCUT2D eigenvalue weighted by molar-refractivity contribution is 5.99. The van der Waals surface area contributed by atoms with Gasteiger partial charge in [0.2, 0.25) is 0 Å². The van der Waals surface area contributed by atoms with Crippen LogP contribution >= 0.6 is 0 Å². The van der Waals surface area contributed by atoms with Gasteiger partial charge in [0.1, 0.15) is 12.4 Å². The number of nitrogens with one attached hydrogen (secondary N) is 1. The van der Waals surface area contributed by atoms with Gasteiger partial charge in [-0.15, -0.1) is 0 Å². The van der Waals surface area contributed by atoms with E-state index in [0.717, 1.165) is 16.3 Å². The van der Waals surface area contributed by atoms with Gasteiger partial charge in [-0.3, -0.25) is 14.8 Å². The average Bonchev–Trinajstić information content (AvgIpc) is 2.86. The molecule has 4 rings (SSSR count). The second-order valence-electron chi connectivity index (χ2n) is 7.40. The Morgan fingerprint density at radius 1 is 1.00 bits per heavy atom. The predicted molar refractivity (Wildman–Crippen MR) is 121 cm³/mol. The Hall–Kier alpha value is -3.68. The molecule has 164 valence electrons. The van der Waals surface area contributed by atoms with Crippen LogP contribution in [-0.4, -0.2) is 54.8 Å². The molecule has 32 heavy (non-hydrogen) atoms. The van der Waals surface area contributed by atoms with Gasteiger partial charge in [-0.25, -0.2) is 5.48 Å². The van der Waals surface area contributed by atoms with Crippen molar-refractivity contribution in [3.8, 4) is 5.75 Å². The molecule has 1 heterocycles. The number of benzene rings is 3. The van der Waals surface area contributed by atoms with Crippen LogP contribution in [0.5, 0.6) is 5.75 Å². The molecule has 0 atom stereocenters. The maximum absolute atomic E-state index is 13.2. The number of carbonyl (C=O) groups is 2. The lowest BCUT2D eigenvalue weighted by molar-refractivity contribution is -0.131. The van der Waals surface area contributed by atoms with Crippen LogP contribution in [-0.2, 0) is 9.53 Å². The van der Waals surface area contributed by atoms with Gasteiger partial charge in [-0.2, -0.15) is 0 Å². The number of ether oxygens (including phenoxy) is 2. The lowest BCUT2D eigenvalue weighted by Crippen LogP contribution is -2.42. The third-order valence-corrected chi connectivity index (χ3v) is 5.32. The maximum Gasteiger partial charge on any atom is 0.274 e. The lowest BCUT2D eigenvalue weighted by Gasteiger charge is -2.28. The SMILES string of the molecule is O=C(NO)c1ccc(/C=C(\COc2cccc3ccccc23)C(=O)N2CCOCC2)cc1. The number of amides is 2. The standard InChI is InChI=1S/C25H24N2O5/c28-24(26-30)20-10-8-18(9-11-20)16-21(25(29)27-12-14-31-15-13-27)17-32-23-7-3-5-19-4-1-2-6-22(19)23/h1-11,16,30H,12-15,17H2,(H,26,28)/b21-16+. The summed E-state index contributed by atoms with van der Waals surface area (Å²) in [7, 11) is 0. The second kappa shape index (κ2) is 10.1. The van der Waals surface area contributed by atoms with E-state index in [0.29, 0.717) is 43.2 Å². The number of morpholine rings is 1. The van der Waals surface area contributed by atoms with Crippen molar-refractivity contribution < 1.29 is 24.3 Å². The lowest BCUT2D eigenvalue weighted by atomic mass is 10.1. The van der Waals surface area contributed by atoms with Crippen molar-refractivity contribution in [3.05, 3.63) is 83.4 Å². The minimum atomic E-state index is -0.593. The number of carbonyl (C=O) groups excluding carboxylic acids is 2. The zero-order valence-corrected chi connectivity index (χ0v) is 17.5. The summed E-state index contributed by atoms with van der Waals surface area (Å²) in [5.74, 6) is 0.00823. The van der Waals surface area contributed by atoms with E-state index in [1.54, 1.807) is 40.7 Å². The molecular weight excluding hydrogens is 408 g/mol. The molecule has 7 heteroatoms. The molecule has 3 aromatic rings. The summed E-state index contributed by atoms with van der Waals surface area (Å²) in [6.45, 7) is 2.17. The Bertz CT molecular complexity index is 1130. The van der Waals surface area contributed by atoms with Crippen LogP contribution in [0, 0.1) is 0 Å². The van der Waals surface area contributed by atoms with Crippen molar-refractivity contribution in [3.63, 3.8) is 0 Å². The van der Waals surface area contributed by atoms with Crippen LogP contribution in [0.1, 0.15) is 15.9 Å². The van der Waals surface area contributed by atoms with Gasteiger partial charge in [0.05, 0.1) is 18.8 Å². The summed E-state index contributed by atoms with van der Waals surface area (Å²) in [5, 5.41) is 10.8. The highest BCUT2D eigenvalue weighted by Gasteiger charge is 2.21. The van der Waals surface area contributed by atoms with Gasteiger partial charge in [0.15, 0.2) is 0 Å². The molecule has 0 aliphatic carbocycles. The van der Waals surface area contributed by atoms with Crippen molar-refractivity contribution in [2.75, 3.05) is 32.9 Å². The van der Waals surface area contributed by atoms with Crippen LogP contribution in [0.2, 0.25) is 0 Å². The van der Waals surface area contributed by atoms with Gasteiger partial charge >= 0.3 is 0 Å². The monoisotopic (exact) mass is 432 g/mol. The molecular formula is C25H24N2O5. The normalized spacial score (nSPS) is 14.3.